The van der Waals surface area contributed by atoms with Gasteiger partial charge in [-0.05, 0) is 30.3 Å². The Labute approximate surface area is 174 Å². The third kappa shape index (κ3) is 3.15. The molecular formula is C24H14F3N3O. The van der Waals surface area contributed by atoms with E-state index in [1.807, 2.05) is 34.9 Å². The van der Waals surface area contributed by atoms with Crippen LogP contribution in [0.2, 0.25) is 0 Å². The minimum absolute atomic E-state index is 0.172. The minimum atomic E-state index is -4.46. The van der Waals surface area contributed by atoms with Crippen molar-refractivity contribution in [1.29, 1.82) is 0 Å². The van der Waals surface area contributed by atoms with E-state index in [2.05, 4.69) is 9.97 Å². The van der Waals surface area contributed by atoms with Crippen LogP contribution in [0.3, 0.4) is 0 Å². The fraction of sp³-hybridized carbons (Fsp3) is 0.0417. The Balaban J connectivity index is 1.76. The van der Waals surface area contributed by atoms with Crippen LogP contribution >= 0.6 is 0 Å². The molecule has 0 amide bonds. The average molecular weight is 417 g/mol. The van der Waals surface area contributed by atoms with Crippen molar-refractivity contribution in [2.45, 2.75) is 6.18 Å². The third-order valence-corrected chi connectivity index (χ3v) is 5.17. The van der Waals surface area contributed by atoms with E-state index in [-0.39, 0.29) is 11.3 Å². The number of nitrogens with zero attached hydrogens (tertiary/aromatic N) is 3. The molecule has 0 unspecified atom stereocenters. The molecule has 0 N–H and O–H groups in total. The number of alkyl halides is 3. The fourth-order valence-electron chi connectivity index (χ4n) is 3.78. The zero-order valence-corrected chi connectivity index (χ0v) is 16.0. The summed E-state index contributed by atoms with van der Waals surface area (Å²) in [6, 6.07) is 18.9. The van der Waals surface area contributed by atoms with Gasteiger partial charge in [-0.2, -0.15) is 13.2 Å². The van der Waals surface area contributed by atoms with Crippen molar-refractivity contribution in [3.05, 3.63) is 102 Å². The van der Waals surface area contributed by atoms with Gasteiger partial charge in [-0.15, -0.1) is 0 Å². The monoisotopic (exact) mass is 417 g/mol. The molecule has 0 saturated carbocycles. The summed E-state index contributed by atoms with van der Waals surface area (Å²) in [7, 11) is 0. The summed E-state index contributed by atoms with van der Waals surface area (Å²) < 4.78 is 40.5. The van der Waals surface area contributed by atoms with E-state index in [0.29, 0.717) is 17.0 Å². The Morgan fingerprint density at radius 2 is 1.45 bits per heavy atom. The molecule has 31 heavy (non-hydrogen) atoms. The predicted molar refractivity (Wildman–Crippen MR) is 111 cm³/mol. The lowest BCUT2D eigenvalue weighted by molar-refractivity contribution is -0.137. The Morgan fingerprint density at radius 1 is 0.774 bits per heavy atom. The highest BCUT2D eigenvalue weighted by Gasteiger charge is 2.30. The summed E-state index contributed by atoms with van der Waals surface area (Å²) in [5.74, 6) is 0.0284. The molecule has 152 valence electrons. The second-order valence-corrected chi connectivity index (χ2v) is 7.01. The molecule has 2 heterocycles. The van der Waals surface area contributed by atoms with Gasteiger partial charge in [-0.3, -0.25) is 9.36 Å². The number of hydrogen-bond donors (Lipinski definition) is 0. The average Bonchev–Trinajstić information content (AvgIpc) is 3.13. The van der Waals surface area contributed by atoms with Crippen LogP contribution in [0.4, 0.5) is 13.2 Å². The lowest BCUT2D eigenvalue weighted by atomic mass is 9.99. The van der Waals surface area contributed by atoms with Gasteiger partial charge in [0.1, 0.15) is 0 Å². The first kappa shape index (κ1) is 19.0. The molecule has 2 aromatic heterocycles. The molecular weight excluding hydrogens is 403 g/mol. The molecule has 0 atom stereocenters. The van der Waals surface area contributed by atoms with Gasteiger partial charge in [-0.1, -0.05) is 42.5 Å². The maximum absolute atomic E-state index is 13.3. The Kier molecular flexibility index (Phi) is 4.32. The third-order valence-electron chi connectivity index (χ3n) is 5.17. The molecule has 0 aliphatic carbocycles. The molecule has 3 aromatic carbocycles. The van der Waals surface area contributed by atoms with Crippen molar-refractivity contribution in [1.82, 2.24) is 14.5 Å². The highest BCUT2D eigenvalue weighted by Crippen LogP contribution is 2.34. The van der Waals surface area contributed by atoms with E-state index >= 15 is 0 Å². The zero-order chi connectivity index (χ0) is 21.6. The minimum Gasteiger partial charge on any atom is -0.289 e. The SMILES string of the molecule is O=C(c1ccc(C(F)(F)F)cc1)c1cccc2c3ccccc3n(-c3ncccn3)c12. The summed E-state index contributed by atoms with van der Waals surface area (Å²) in [6.07, 6.45) is -1.23. The molecule has 7 heteroatoms. The van der Waals surface area contributed by atoms with Gasteiger partial charge < -0.3 is 0 Å². The van der Waals surface area contributed by atoms with E-state index < -0.39 is 11.7 Å². The van der Waals surface area contributed by atoms with Crippen LogP contribution in [0.25, 0.3) is 27.8 Å². The molecule has 5 aromatic rings. The first-order valence-corrected chi connectivity index (χ1v) is 9.46. The van der Waals surface area contributed by atoms with Crippen LogP contribution in [0.1, 0.15) is 21.5 Å². The normalized spacial score (nSPS) is 11.8. The Bertz CT molecular complexity index is 1420. The zero-order valence-electron chi connectivity index (χ0n) is 16.0. The number of halogens is 3. The molecule has 0 aliphatic rings. The fourth-order valence-corrected chi connectivity index (χ4v) is 3.78. The number of para-hydroxylation sites is 2. The van der Waals surface area contributed by atoms with Gasteiger partial charge in [-0.25, -0.2) is 9.97 Å². The van der Waals surface area contributed by atoms with Crippen LogP contribution in [-0.2, 0) is 6.18 Å². The van der Waals surface area contributed by atoms with Crippen LogP contribution in [-0.4, -0.2) is 20.3 Å². The molecule has 5 rings (SSSR count). The lowest BCUT2D eigenvalue weighted by Crippen LogP contribution is -2.08. The van der Waals surface area contributed by atoms with Gasteiger partial charge in [0, 0.05) is 34.3 Å². The number of aromatic nitrogens is 3. The quantitative estimate of drug-likeness (QED) is 0.348. The number of rotatable bonds is 3. The van der Waals surface area contributed by atoms with Gasteiger partial charge in [0.15, 0.2) is 5.78 Å². The number of hydrogen-bond acceptors (Lipinski definition) is 3. The van der Waals surface area contributed by atoms with Gasteiger partial charge in [0.05, 0.1) is 16.6 Å². The van der Waals surface area contributed by atoms with E-state index in [0.717, 1.165) is 28.4 Å². The number of carbonyl (C=O) groups is 1. The van der Waals surface area contributed by atoms with E-state index in [1.54, 1.807) is 30.6 Å². The van der Waals surface area contributed by atoms with E-state index in [1.165, 1.54) is 12.1 Å². The van der Waals surface area contributed by atoms with Crippen LogP contribution in [0.5, 0.6) is 0 Å². The molecule has 0 spiro atoms. The smallest absolute Gasteiger partial charge is 0.289 e. The van der Waals surface area contributed by atoms with Crippen molar-refractivity contribution in [2.24, 2.45) is 0 Å². The molecule has 0 saturated heterocycles. The molecule has 0 radical (unpaired) electrons. The highest BCUT2D eigenvalue weighted by molar-refractivity contribution is 6.21. The second-order valence-electron chi connectivity index (χ2n) is 7.01. The van der Waals surface area contributed by atoms with Gasteiger partial charge in [0.25, 0.3) is 0 Å². The standard InChI is InChI=1S/C24H14F3N3O/c25-24(26,27)16-11-9-15(10-12-16)22(31)19-7-3-6-18-17-5-1-2-8-20(17)30(21(18)19)23-28-13-4-14-29-23/h1-14H. The Hall–Kier alpha value is -4.00. The second kappa shape index (κ2) is 7.05. The van der Waals surface area contributed by atoms with Crippen molar-refractivity contribution < 1.29 is 18.0 Å². The summed E-state index contributed by atoms with van der Waals surface area (Å²) in [5, 5.41) is 1.76. The first-order chi connectivity index (χ1) is 14.9. The number of fused-ring (bicyclic) bond motifs is 3. The lowest BCUT2D eigenvalue weighted by Gasteiger charge is -2.10. The molecule has 0 fully saturated rings. The van der Waals surface area contributed by atoms with Crippen molar-refractivity contribution in [3.8, 4) is 5.95 Å². The number of ketones is 1. The molecule has 4 nitrogen and oxygen atoms in total. The van der Waals surface area contributed by atoms with Crippen molar-refractivity contribution in [2.75, 3.05) is 0 Å². The topological polar surface area (TPSA) is 47.8 Å². The molecule has 0 aliphatic heterocycles. The van der Waals surface area contributed by atoms with Crippen molar-refractivity contribution in [3.63, 3.8) is 0 Å². The van der Waals surface area contributed by atoms with Crippen molar-refractivity contribution >= 4 is 27.6 Å². The summed E-state index contributed by atoms with van der Waals surface area (Å²) in [5.41, 5.74) is 1.18. The summed E-state index contributed by atoms with van der Waals surface area (Å²) >= 11 is 0. The van der Waals surface area contributed by atoms with E-state index in [4.69, 9.17) is 0 Å². The van der Waals surface area contributed by atoms with Gasteiger partial charge in [0.2, 0.25) is 5.95 Å². The summed E-state index contributed by atoms with van der Waals surface area (Å²) in [6.45, 7) is 0. The van der Waals surface area contributed by atoms with Crippen LogP contribution in [0, 0.1) is 0 Å². The largest absolute Gasteiger partial charge is 0.416 e. The van der Waals surface area contributed by atoms with E-state index in [9.17, 15) is 18.0 Å². The first-order valence-electron chi connectivity index (χ1n) is 9.46. The highest BCUT2D eigenvalue weighted by atomic mass is 19.4. The maximum atomic E-state index is 13.3. The maximum Gasteiger partial charge on any atom is 0.416 e. The van der Waals surface area contributed by atoms with Gasteiger partial charge >= 0.3 is 6.18 Å². The van der Waals surface area contributed by atoms with Crippen LogP contribution in [0.15, 0.2) is 85.2 Å². The van der Waals surface area contributed by atoms with Crippen LogP contribution < -0.4 is 0 Å². The number of carbonyl (C=O) groups excluding carboxylic acids is 1. The predicted octanol–water partition coefficient (Wildman–Crippen LogP) is 5.82. The summed E-state index contributed by atoms with van der Waals surface area (Å²) in [4.78, 5) is 22.0. The molecule has 0 bridgehead atoms. The Morgan fingerprint density at radius 3 is 2.16 bits per heavy atom. The number of benzene rings is 3.